The summed E-state index contributed by atoms with van der Waals surface area (Å²) in [6.07, 6.45) is 5.82. The number of aryl methyl sites for hydroxylation is 3. The topological polar surface area (TPSA) is 64.8 Å². The highest BCUT2D eigenvalue weighted by molar-refractivity contribution is 9.10. The number of hydrazone groups is 1. The zero-order valence-electron chi connectivity index (χ0n) is 22.0. The maximum Gasteiger partial charge on any atom is 0.274 e. The van der Waals surface area contributed by atoms with Gasteiger partial charge in [0.1, 0.15) is 11.6 Å². The van der Waals surface area contributed by atoms with Crippen LogP contribution in [0.3, 0.4) is 0 Å². The number of carbonyl (C=O) groups excluding carboxylic acids is 1. The number of aromatic nitrogens is 1. The summed E-state index contributed by atoms with van der Waals surface area (Å²) in [7, 11) is 1.60. The van der Waals surface area contributed by atoms with Gasteiger partial charge in [0, 0.05) is 30.8 Å². The van der Waals surface area contributed by atoms with Crippen LogP contribution in [0.1, 0.15) is 56.2 Å². The highest BCUT2D eigenvalue weighted by atomic mass is 79.9. The lowest BCUT2D eigenvalue weighted by molar-refractivity contribution is 0.0954. The minimum absolute atomic E-state index is 0.189. The van der Waals surface area contributed by atoms with E-state index in [-0.39, 0.29) is 5.91 Å². The predicted octanol–water partition coefficient (Wildman–Crippen LogP) is 7.91. The zero-order chi connectivity index (χ0) is 27.5. The Morgan fingerprint density at radius 1 is 1.05 bits per heavy atom. The van der Waals surface area contributed by atoms with E-state index in [1.807, 2.05) is 36.4 Å². The Kier molecular flexibility index (Phi) is 8.59. The summed E-state index contributed by atoms with van der Waals surface area (Å²) in [5.41, 5.74) is 8.71. The van der Waals surface area contributed by atoms with Crippen molar-refractivity contribution in [2.24, 2.45) is 5.10 Å². The van der Waals surface area contributed by atoms with Gasteiger partial charge in [0.25, 0.3) is 5.91 Å². The van der Waals surface area contributed by atoms with Crippen molar-refractivity contribution >= 4 is 55.3 Å². The first-order chi connectivity index (χ1) is 18.9. The van der Waals surface area contributed by atoms with Gasteiger partial charge in [-0.05, 0) is 103 Å². The van der Waals surface area contributed by atoms with Crippen LogP contribution >= 0.6 is 43.2 Å². The first-order valence-corrected chi connectivity index (χ1v) is 15.1. The number of methoxy groups -OCH3 is 1. The predicted molar refractivity (Wildman–Crippen MR) is 164 cm³/mol. The van der Waals surface area contributed by atoms with Crippen LogP contribution in [0.2, 0.25) is 0 Å². The fraction of sp³-hybridized carbons (Fsp3) is 0.267. The van der Waals surface area contributed by atoms with E-state index in [1.54, 1.807) is 24.7 Å². The van der Waals surface area contributed by atoms with Gasteiger partial charge in [-0.25, -0.2) is 5.43 Å². The Hall–Kier alpha value is -2.88. The van der Waals surface area contributed by atoms with Gasteiger partial charge >= 0.3 is 0 Å². The fourth-order valence-electron chi connectivity index (χ4n) is 4.81. The lowest BCUT2D eigenvalue weighted by Crippen LogP contribution is -2.21. The molecule has 0 bridgehead atoms. The van der Waals surface area contributed by atoms with Crippen LogP contribution in [-0.4, -0.2) is 23.8 Å². The van der Waals surface area contributed by atoms with Gasteiger partial charge in [0.2, 0.25) is 0 Å². The number of hydrogen-bond donors (Lipinski definition) is 1. The molecule has 1 aliphatic carbocycles. The molecule has 1 amide bonds. The van der Waals surface area contributed by atoms with Crippen molar-refractivity contribution in [3.05, 3.63) is 96.0 Å². The van der Waals surface area contributed by atoms with E-state index >= 15 is 0 Å². The van der Waals surface area contributed by atoms with Crippen molar-refractivity contribution in [1.82, 2.24) is 9.99 Å². The van der Waals surface area contributed by atoms with E-state index in [2.05, 4.69) is 72.9 Å². The fourth-order valence-corrected chi connectivity index (χ4v) is 7.01. The number of hydrogen-bond acceptors (Lipinski definition) is 5. The molecule has 202 valence electrons. The summed E-state index contributed by atoms with van der Waals surface area (Å²) in [6.45, 7) is 4.55. The minimum atomic E-state index is -0.189. The molecule has 1 aliphatic rings. The number of amides is 1. The van der Waals surface area contributed by atoms with Crippen LogP contribution in [0.15, 0.2) is 62.6 Å². The van der Waals surface area contributed by atoms with Gasteiger partial charge in [0.15, 0.2) is 11.5 Å². The third kappa shape index (κ3) is 6.00. The highest BCUT2D eigenvalue weighted by Gasteiger charge is 2.27. The Bertz CT molecular complexity index is 1520. The van der Waals surface area contributed by atoms with Gasteiger partial charge in [-0.3, -0.25) is 4.79 Å². The van der Waals surface area contributed by atoms with E-state index in [9.17, 15) is 4.79 Å². The van der Waals surface area contributed by atoms with Crippen molar-refractivity contribution in [3.63, 3.8) is 0 Å². The average molecular weight is 671 g/mol. The molecule has 0 spiro atoms. The van der Waals surface area contributed by atoms with Crippen molar-refractivity contribution in [1.29, 1.82) is 0 Å². The molecule has 2 aromatic carbocycles. The Balaban J connectivity index is 1.35. The Labute approximate surface area is 249 Å². The molecule has 0 aliphatic heterocycles. The Morgan fingerprint density at radius 3 is 2.49 bits per heavy atom. The molecular formula is C30H29Br2N3O3S. The number of benzene rings is 2. The first kappa shape index (κ1) is 27.7. The number of carbonyl (C=O) groups is 1. The van der Waals surface area contributed by atoms with Crippen molar-refractivity contribution in [3.8, 4) is 16.5 Å². The molecule has 0 radical (unpaired) electrons. The van der Waals surface area contributed by atoms with Crippen LogP contribution in [0.25, 0.3) is 5.00 Å². The SMILES string of the molecule is COc1cc(C=NNC(=O)c2c(-n3c(C)ccc3C)sc3c2CCCC3)c(Br)cc1OCc1ccc(Br)cc1. The van der Waals surface area contributed by atoms with Gasteiger partial charge in [0.05, 0.1) is 18.9 Å². The van der Waals surface area contributed by atoms with Crippen LogP contribution in [0.5, 0.6) is 11.5 Å². The number of nitrogens with zero attached hydrogens (tertiary/aromatic N) is 2. The molecular weight excluding hydrogens is 642 g/mol. The summed E-state index contributed by atoms with van der Waals surface area (Å²) >= 11 is 8.79. The first-order valence-electron chi connectivity index (χ1n) is 12.7. The maximum absolute atomic E-state index is 13.5. The summed E-state index contributed by atoms with van der Waals surface area (Å²) < 4.78 is 15.6. The van der Waals surface area contributed by atoms with Crippen LogP contribution < -0.4 is 14.9 Å². The number of rotatable bonds is 8. The van der Waals surface area contributed by atoms with E-state index in [4.69, 9.17) is 9.47 Å². The van der Waals surface area contributed by atoms with E-state index < -0.39 is 0 Å². The maximum atomic E-state index is 13.5. The molecule has 1 N–H and O–H groups in total. The number of fused-ring (bicyclic) bond motifs is 1. The molecule has 4 aromatic rings. The molecule has 0 saturated heterocycles. The molecule has 9 heteroatoms. The third-order valence-electron chi connectivity index (χ3n) is 6.81. The normalized spacial score (nSPS) is 12.9. The number of thiophene rings is 1. The van der Waals surface area contributed by atoms with Crippen molar-refractivity contribution < 1.29 is 14.3 Å². The van der Waals surface area contributed by atoms with Gasteiger partial charge in [-0.15, -0.1) is 11.3 Å². The molecule has 2 aromatic heterocycles. The molecule has 0 atom stereocenters. The molecule has 39 heavy (non-hydrogen) atoms. The van der Waals surface area contributed by atoms with E-state index in [0.29, 0.717) is 18.1 Å². The van der Waals surface area contributed by atoms with Crippen LogP contribution in [0, 0.1) is 13.8 Å². The second kappa shape index (κ2) is 12.1. The standard InChI is InChI=1S/C30H29Br2N3O3S/c1-18-8-9-19(2)35(18)30-28(23-6-4-5-7-27(23)39-30)29(36)34-33-16-21-14-25(37-3)26(15-24(21)32)38-17-20-10-12-22(31)13-11-20/h8-16H,4-7,17H2,1-3H3,(H,34,36). The third-order valence-corrected chi connectivity index (χ3v) is 9.31. The minimum Gasteiger partial charge on any atom is -0.493 e. The van der Waals surface area contributed by atoms with Gasteiger partial charge in [-0.1, -0.05) is 28.1 Å². The number of nitrogens with one attached hydrogen (secondary N) is 1. The second-order valence-corrected chi connectivity index (χ2v) is 12.3. The molecule has 0 fully saturated rings. The largest absolute Gasteiger partial charge is 0.493 e. The van der Waals surface area contributed by atoms with Gasteiger partial charge in [-0.2, -0.15) is 5.10 Å². The molecule has 6 nitrogen and oxygen atoms in total. The molecule has 5 rings (SSSR count). The molecule has 0 saturated carbocycles. The average Bonchev–Trinajstić information content (AvgIpc) is 3.47. The lowest BCUT2D eigenvalue weighted by atomic mass is 9.95. The lowest BCUT2D eigenvalue weighted by Gasteiger charge is -2.14. The van der Waals surface area contributed by atoms with Crippen LogP contribution in [0.4, 0.5) is 0 Å². The Morgan fingerprint density at radius 2 is 1.77 bits per heavy atom. The highest BCUT2D eigenvalue weighted by Crippen LogP contribution is 2.38. The second-order valence-electron chi connectivity index (χ2n) is 9.48. The number of halogens is 2. The zero-order valence-corrected chi connectivity index (χ0v) is 26.0. The quantitative estimate of drug-likeness (QED) is 0.153. The smallest absolute Gasteiger partial charge is 0.274 e. The van der Waals surface area contributed by atoms with E-state index in [1.165, 1.54) is 4.88 Å². The molecule has 0 unspecified atom stereocenters. The monoisotopic (exact) mass is 669 g/mol. The van der Waals surface area contributed by atoms with Crippen molar-refractivity contribution in [2.45, 2.75) is 46.1 Å². The van der Waals surface area contributed by atoms with Crippen LogP contribution in [-0.2, 0) is 19.4 Å². The van der Waals surface area contributed by atoms with Crippen molar-refractivity contribution in [2.75, 3.05) is 7.11 Å². The number of ether oxygens (including phenoxy) is 2. The summed E-state index contributed by atoms with van der Waals surface area (Å²) in [5.74, 6) is 1.00. The molecule has 2 heterocycles. The summed E-state index contributed by atoms with van der Waals surface area (Å²) in [4.78, 5) is 14.8. The van der Waals surface area contributed by atoms with Gasteiger partial charge < -0.3 is 14.0 Å². The summed E-state index contributed by atoms with van der Waals surface area (Å²) in [5, 5.41) is 5.30. The van der Waals surface area contributed by atoms with E-state index in [0.717, 1.165) is 73.3 Å². The summed E-state index contributed by atoms with van der Waals surface area (Å²) in [6, 6.07) is 15.8.